The third-order valence-electron chi connectivity index (χ3n) is 3.21. The van der Waals surface area contributed by atoms with Crippen LogP contribution in [-0.2, 0) is 6.42 Å². The highest BCUT2D eigenvalue weighted by molar-refractivity contribution is 7.16. The highest BCUT2D eigenvalue weighted by Gasteiger charge is 2.21. The predicted octanol–water partition coefficient (Wildman–Crippen LogP) is 3.98. The summed E-state index contributed by atoms with van der Waals surface area (Å²) in [5.41, 5.74) is 0.704. The van der Waals surface area contributed by atoms with Crippen molar-refractivity contribution >= 4 is 28.8 Å². The van der Waals surface area contributed by atoms with Gasteiger partial charge in [0.15, 0.2) is 0 Å². The van der Waals surface area contributed by atoms with Crippen molar-refractivity contribution in [3.05, 3.63) is 20.8 Å². The van der Waals surface area contributed by atoms with Gasteiger partial charge in [-0.15, -0.1) is 11.3 Å². The first-order valence-electron chi connectivity index (χ1n) is 6.30. The van der Waals surface area contributed by atoms with Crippen LogP contribution in [0.5, 0.6) is 0 Å². The Morgan fingerprint density at radius 2 is 2.00 bits per heavy atom. The second kappa shape index (κ2) is 5.87. The molecular weight excluding hydrogens is 254 g/mol. The second-order valence-electron chi connectivity index (χ2n) is 4.46. The minimum absolute atomic E-state index is 0.118. The van der Waals surface area contributed by atoms with Gasteiger partial charge < -0.3 is 4.90 Å². The van der Waals surface area contributed by atoms with Crippen LogP contribution >= 0.6 is 22.9 Å². The molecule has 1 aliphatic rings. The first kappa shape index (κ1) is 12.9. The number of hydrogen-bond acceptors (Lipinski definition) is 2. The molecule has 2 heterocycles. The molecule has 0 radical (unpaired) electrons. The van der Waals surface area contributed by atoms with Crippen LogP contribution in [0.25, 0.3) is 0 Å². The second-order valence-corrected chi connectivity index (χ2v) is 6.20. The van der Waals surface area contributed by atoms with Crippen LogP contribution in [0.4, 0.5) is 0 Å². The van der Waals surface area contributed by atoms with E-state index in [0.29, 0.717) is 9.90 Å². The van der Waals surface area contributed by atoms with E-state index in [0.717, 1.165) is 32.4 Å². The fourth-order valence-corrected chi connectivity index (χ4v) is 3.42. The highest BCUT2D eigenvalue weighted by Crippen LogP contribution is 2.29. The number of carbonyl (C=O) groups excluding carboxylic acids is 1. The topological polar surface area (TPSA) is 20.3 Å². The Kier molecular flexibility index (Phi) is 4.46. The lowest BCUT2D eigenvalue weighted by atomic mass is 10.2. The minimum atomic E-state index is 0.118. The van der Waals surface area contributed by atoms with Gasteiger partial charge in [0.25, 0.3) is 5.91 Å². The van der Waals surface area contributed by atoms with E-state index in [-0.39, 0.29) is 5.91 Å². The van der Waals surface area contributed by atoms with Crippen molar-refractivity contribution in [3.63, 3.8) is 0 Å². The fraction of sp³-hybridized carbons (Fsp3) is 0.615. The maximum Gasteiger partial charge on any atom is 0.256 e. The summed E-state index contributed by atoms with van der Waals surface area (Å²) >= 11 is 7.68. The molecule has 1 saturated heterocycles. The zero-order chi connectivity index (χ0) is 12.3. The van der Waals surface area contributed by atoms with Crippen molar-refractivity contribution in [2.45, 2.75) is 39.0 Å². The van der Waals surface area contributed by atoms with Gasteiger partial charge in [-0.05, 0) is 25.3 Å². The third kappa shape index (κ3) is 3.02. The average molecular weight is 272 g/mol. The lowest BCUT2D eigenvalue weighted by molar-refractivity contribution is 0.0762. The maximum atomic E-state index is 12.4. The van der Waals surface area contributed by atoms with Crippen LogP contribution in [0.1, 0.15) is 47.8 Å². The molecule has 0 bridgehead atoms. The molecule has 0 aromatic carbocycles. The Morgan fingerprint density at radius 3 is 2.53 bits per heavy atom. The largest absolute Gasteiger partial charge is 0.339 e. The number of nitrogens with zero attached hydrogens (tertiary/aromatic N) is 1. The van der Waals surface area contributed by atoms with E-state index < -0.39 is 0 Å². The summed E-state index contributed by atoms with van der Waals surface area (Å²) in [6.07, 6.45) is 5.66. The van der Waals surface area contributed by atoms with Crippen molar-refractivity contribution in [2.24, 2.45) is 0 Å². The summed E-state index contributed by atoms with van der Waals surface area (Å²) in [6, 6.07) is 1.96. The van der Waals surface area contributed by atoms with E-state index in [4.69, 9.17) is 11.6 Å². The van der Waals surface area contributed by atoms with Crippen molar-refractivity contribution in [3.8, 4) is 0 Å². The average Bonchev–Trinajstić information content (AvgIpc) is 2.56. The summed E-state index contributed by atoms with van der Waals surface area (Å²) in [4.78, 5) is 15.5. The summed E-state index contributed by atoms with van der Waals surface area (Å²) in [7, 11) is 0. The predicted molar refractivity (Wildman–Crippen MR) is 73.1 cm³/mol. The molecule has 0 spiro atoms. The molecular formula is C13H18ClNOS. The van der Waals surface area contributed by atoms with Gasteiger partial charge in [0.05, 0.1) is 5.56 Å². The van der Waals surface area contributed by atoms with E-state index in [1.165, 1.54) is 29.1 Å². The van der Waals surface area contributed by atoms with Gasteiger partial charge in [0.2, 0.25) is 0 Å². The number of halogens is 1. The van der Waals surface area contributed by atoms with Crippen molar-refractivity contribution in [1.29, 1.82) is 0 Å². The summed E-state index contributed by atoms with van der Waals surface area (Å²) in [5.74, 6) is 0.118. The lowest BCUT2D eigenvalue weighted by Crippen LogP contribution is -2.31. The smallest absolute Gasteiger partial charge is 0.256 e. The van der Waals surface area contributed by atoms with Gasteiger partial charge in [-0.3, -0.25) is 4.79 Å². The van der Waals surface area contributed by atoms with Crippen molar-refractivity contribution in [1.82, 2.24) is 4.90 Å². The highest BCUT2D eigenvalue weighted by atomic mass is 35.5. The summed E-state index contributed by atoms with van der Waals surface area (Å²) < 4.78 is 0.649. The third-order valence-corrected chi connectivity index (χ3v) is 4.71. The summed E-state index contributed by atoms with van der Waals surface area (Å²) in [6.45, 7) is 3.85. The van der Waals surface area contributed by atoms with E-state index >= 15 is 0 Å². The van der Waals surface area contributed by atoms with Gasteiger partial charge in [0, 0.05) is 18.0 Å². The van der Waals surface area contributed by atoms with Gasteiger partial charge >= 0.3 is 0 Å². The minimum Gasteiger partial charge on any atom is -0.339 e. The van der Waals surface area contributed by atoms with E-state index in [1.54, 1.807) is 0 Å². The molecule has 17 heavy (non-hydrogen) atoms. The van der Waals surface area contributed by atoms with Crippen molar-refractivity contribution < 1.29 is 4.79 Å². The molecule has 1 aliphatic heterocycles. The SMILES string of the molecule is CCc1cc(C(=O)N2CCCCCC2)c(Cl)s1. The van der Waals surface area contributed by atoms with Crippen LogP contribution in [0.15, 0.2) is 6.07 Å². The molecule has 0 unspecified atom stereocenters. The maximum absolute atomic E-state index is 12.4. The first-order chi connectivity index (χ1) is 8.22. The zero-order valence-electron chi connectivity index (χ0n) is 10.2. The number of aryl methyl sites for hydroxylation is 1. The van der Waals surface area contributed by atoms with Crippen LogP contribution in [0, 0.1) is 0 Å². The monoisotopic (exact) mass is 271 g/mol. The molecule has 1 aromatic rings. The Labute approximate surface area is 112 Å². The van der Waals surface area contributed by atoms with Crippen molar-refractivity contribution in [2.75, 3.05) is 13.1 Å². The van der Waals surface area contributed by atoms with E-state index in [9.17, 15) is 4.79 Å². The fourth-order valence-electron chi connectivity index (χ4n) is 2.18. The number of hydrogen-bond donors (Lipinski definition) is 0. The Morgan fingerprint density at radius 1 is 1.35 bits per heavy atom. The number of likely N-dealkylation sites (tertiary alicyclic amines) is 1. The molecule has 0 saturated carbocycles. The molecule has 4 heteroatoms. The Balaban J connectivity index is 2.14. The molecule has 0 N–H and O–H groups in total. The Hall–Kier alpha value is -0.540. The number of carbonyl (C=O) groups is 1. The van der Waals surface area contributed by atoms with Gasteiger partial charge in [-0.25, -0.2) is 0 Å². The van der Waals surface area contributed by atoms with Gasteiger partial charge in [-0.1, -0.05) is 31.4 Å². The van der Waals surface area contributed by atoms with Crippen LogP contribution in [0.2, 0.25) is 4.34 Å². The standard InChI is InChI=1S/C13H18ClNOS/c1-2-10-9-11(12(14)17-10)13(16)15-7-5-3-4-6-8-15/h9H,2-8H2,1H3. The molecule has 1 fully saturated rings. The van der Waals surface area contributed by atoms with Gasteiger partial charge in [-0.2, -0.15) is 0 Å². The van der Waals surface area contributed by atoms with E-state index in [2.05, 4.69) is 6.92 Å². The molecule has 0 atom stereocenters. The molecule has 1 aromatic heterocycles. The zero-order valence-corrected chi connectivity index (χ0v) is 11.7. The van der Waals surface area contributed by atoms with Crippen LogP contribution in [0.3, 0.4) is 0 Å². The van der Waals surface area contributed by atoms with Crippen LogP contribution < -0.4 is 0 Å². The molecule has 1 amide bonds. The van der Waals surface area contributed by atoms with E-state index in [1.807, 2.05) is 11.0 Å². The summed E-state index contributed by atoms with van der Waals surface area (Å²) in [5, 5.41) is 0. The quantitative estimate of drug-likeness (QED) is 0.797. The first-order valence-corrected chi connectivity index (χ1v) is 7.49. The molecule has 0 aliphatic carbocycles. The number of amides is 1. The molecule has 2 rings (SSSR count). The lowest BCUT2D eigenvalue weighted by Gasteiger charge is -2.19. The Bertz CT molecular complexity index is 394. The molecule has 94 valence electrons. The van der Waals surface area contributed by atoms with Crippen LogP contribution in [-0.4, -0.2) is 23.9 Å². The molecule has 2 nitrogen and oxygen atoms in total. The normalized spacial score (nSPS) is 16.9. The number of thiophene rings is 1. The van der Waals surface area contributed by atoms with Gasteiger partial charge in [0.1, 0.15) is 4.34 Å². The number of rotatable bonds is 2.